The first kappa shape index (κ1) is 13.7. The van der Waals surface area contributed by atoms with Crippen LogP contribution in [0.25, 0.3) is 0 Å². The summed E-state index contributed by atoms with van der Waals surface area (Å²) in [6, 6.07) is 2.10. The molecular formula is C15H20N2O2. The third-order valence-corrected chi connectivity index (χ3v) is 3.79. The van der Waals surface area contributed by atoms with Crippen molar-refractivity contribution >= 4 is 5.78 Å². The van der Waals surface area contributed by atoms with Gasteiger partial charge in [0.05, 0.1) is 5.57 Å². The Balaban J connectivity index is 2.54. The van der Waals surface area contributed by atoms with Crippen molar-refractivity contribution in [3.63, 3.8) is 0 Å². The minimum atomic E-state index is -0.225. The number of ketones is 1. The number of allylic oxidation sites excluding steroid dienone is 3. The first-order valence-electron chi connectivity index (χ1n) is 6.60. The lowest BCUT2D eigenvalue weighted by Gasteiger charge is -2.38. The van der Waals surface area contributed by atoms with Crippen molar-refractivity contribution in [2.75, 3.05) is 0 Å². The third-order valence-electron chi connectivity index (χ3n) is 3.79. The molecule has 0 bridgehead atoms. The van der Waals surface area contributed by atoms with E-state index in [1.807, 2.05) is 27.7 Å². The molecule has 1 atom stereocenters. The summed E-state index contributed by atoms with van der Waals surface area (Å²) in [6.45, 7) is 8.08. The normalized spacial score (nSPS) is 26.1. The zero-order valence-corrected chi connectivity index (χ0v) is 11.9. The van der Waals surface area contributed by atoms with E-state index in [4.69, 9.17) is 10.5 Å². The molecule has 1 aliphatic heterocycles. The summed E-state index contributed by atoms with van der Waals surface area (Å²) in [4.78, 5) is 12.4. The Morgan fingerprint density at radius 1 is 1.42 bits per heavy atom. The Kier molecular flexibility index (Phi) is 3.17. The van der Waals surface area contributed by atoms with Gasteiger partial charge in [-0.05, 0) is 11.3 Å². The molecule has 2 N–H and O–H groups in total. The number of ether oxygens (including phenoxy) is 1. The van der Waals surface area contributed by atoms with Gasteiger partial charge in [0.25, 0.3) is 0 Å². The van der Waals surface area contributed by atoms with Gasteiger partial charge in [-0.15, -0.1) is 0 Å². The van der Waals surface area contributed by atoms with Crippen LogP contribution in [0.2, 0.25) is 0 Å². The van der Waals surface area contributed by atoms with Gasteiger partial charge in [-0.1, -0.05) is 27.7 Å². The zero-order chi connectivity index (χ0) is 14.4. The molecule has 1 heterocycles. The predicted octanol–water partition coefficient (Wildman–Crippen LogP) is 2.63. The van der Waals surface area contributed by atoms with Gasteiger partial charge in [0.1, 0.15) is 11.8 Å². The molecule has 0 radical (unpaired) electrons. The van der Waals surface area contributed by atoms with Gasteiger partial charge in [0, 0.05) is 24.3 Å². The number of hydrogen-bond acceptors (Lipinski definition) is 4. The number of carbonyl (C=O) groups is 1. The number of hydrogen-bond donors (Lipinski definition) is 1. The maximum absolute atomic E-state index is 12.4. The summed E-state index contributed by atoms with van der Waals surface area (Å²) in [5.74, 6) is 0.830. The van der Waals surface area contributed by atoms with Crippen molar-refractivity contribution in [2.24, 2.45) is 23.0 Å². The fourth-order valence-electron chi connectivity index (χ4n) is 2.99. The molecular weight excluding hydrogens is 240 g/mol. The number of nitriles is 1. The van der Waals surface area contributed by atoms with E-state index in [2.05, 4.69) is 6.07 Å². The van der Waals surface area contributed by atoms with E-state index < -0.39 is 0 Å². The van der Waals surface area contributed by atoms with Gasteiger partial charge < -0.3 is 10.5 Å². The molecule has 0 amide bonds. The lowest BCUT2D eigenvalue weighted by molar-refractivity contribution is -0.119. The van der Waals surface area contributed by atoms with Gasteiger partial charge in [-0.25, -0.2) is 0 Å². The highest BCUT2D eigenvalue weighted by Crippen LogP contribution is 2.46. The Hall–Kier alpha value is -1.76. The van der Waals surface area contributed by atoms with Crippen LogP contribution in [0, 0.1) is 28.6 Å². The monoisotopic (exact) mass is 260 g/mol. The van der Waals surface area contributed by atoms with Crippen LogP contribution < -0.4 is 5.73 Å². The Bertz CT molecular complexity index is 533. The van der Waals surface area contributed by atoms with Crippen LogP contribution in [0.1, 0.15) is 40.5 Å². The van der Waals surface area contributed by atoms with E-state index in [9.17, 15) is 10.1 Å². The average molecular weight is 260 g/mol. The molecule has 2 aliphatic rings. The van der Waals surface area contributed by atoms with Gasteiger partial charge in [0.15, 0.2) is 5.78 Å². The van der Waals surface area contributed by atoms with Crippen molar-refractivity contribution < 1.29 is 9.53 Å². The number of carbonyl (C=O) groups excluding carboxylic acids is 1. The van der Waals surface area contributed by atoms with Gasteiger partial charge in [-0.3, -0.25) is 4.79 Å². The van der Waals surface area contributed by atoms with Crippen molar-refractivity contribution in [3.05, 3.63) is 22.8 Å². The highest BCUT2D eigenvalue weighted by molar-refractivity contribution is 5.98. The Labute approximate surface area is 113 Å². The van der Waals surface area contributed by atoms with E-state index in [1.165, 1.54) is 0 Å². The lowest BCUT2D eigenvalue weighted by Crippen LogP contribution is -2.35. The average Bonchev–Trinajstić information content (AvgIpc) is 2.24. The van der Waals surface area contributed by atoms with Crippen LogP contribution in [-0.2, 0) is 9.53 Å². The van der Waals surface area contributed by atoms with Gasteiger partial charge >= 0.3 is 0 Å². The summed E-state index contributed by atoms with van der Waals surface area (Å²) >= 11 is 0. The van der Waals surface area contributed by atoms with Crippen LogP contribution in [-0.4, -0.2) is 5.78 Å². The second kappa shape index (κ2) is 4.41. The molecule has 19 heavy (non-hydrogen) atoms. The van der Waals surface area contributed by atoms with Crippen molar-refractivity contribution in [1.82, 2.24) is 0 Å². The first-order valence-corrected chi connectivity index (χ1v) is 6.60. The molecule has 102 valence electrons. The van der Waals surface area contributed by atoms with Crippen LogP contribution in [0.3, 0.4) is 0 Å². The molecule has 0 saturated carbocycles. The molecule has 0 unspecified atom stereocenters. The van der Waals surface area contributed by atoms with Gasteiger partial charge in [0.2, 0.25) is 5.88 Å². The molecule has 0 aromatic heterocycles. The van der Waals surface area contributed by atoms with Crippen LogP contribution >= 0.6 is 0 Å². The molecule has 0 fully saturated rings. The zero-order valence-electron chi connectivity index (χ0n) is 11.9. The maximum atomic E-state index is 12.4. The number of Topliss-reactive ketones (excluding diaryl/α,β-unsaturated/α-hetero) is 1. The third kappa shape index (κ3) is 2.25. The maximum Gasteiger partial charge on any atom is 0.204 e. The van der Waals surface area contributed by atoms with Gasteiger partial charge in [-0.2, -0.15) is 5.26 Å². The highest BCUT2D eigenvalue weighted by Gasteiger charge is 2.43. The molecule has 0 aromatic rings. The lowest BCUT2D eigenvalue weighted by atomic mass is 9.69. The summed E-state index contributed by atoms with van der Waals surface area (Å²) < 4.78 is 5.57. The van der Waals surface area contributed by atoms with Crippen molar-refractivity contribution in [3.8, 4) is 6.07 Å². The SMILES string of the molecule is CC(C)[C@@H]1C(C#N)=C(N)OC2=C1C(=O)CC(C)(C)C2. The Morgan fingerprint density at radius 2 is 2.05 bits per heavy atom. The molecule has 0 spiro atoms. The number of nitrogens with zero attached hydrogens (tertiary/aromatic N) is 1. The van der Waals surface area contributed by atoms with E-state index in [-0.39, 0.29) is 28.9 Å². The molecule has 4 heteroatoms. The predicted molar refractivity (Wildman–Crippen MR) is 71.3 cm³/mol. The second-order valence-corrected chi connectivity index (χ2v) is 6.49. The van der Waals surface area contributed by atoms with Crippen LogP contribution in [0.5, 0.6) is 0 Å². The Morgan fingerprint density at radius 3 is 2.58 bits per heavy atom. The number of nitrogens with two attached hydrogens (primary N) is 1. The first-order chi connectivity index (χ1) is 8.76. The molecule has 4 nitrogen and oxygen atoms in total. The second-order valence-electron chi connectivity index (χ2n) is 6.49. The highest BCUT2D eigenvalue weighted by atomic mass is 16.5. The fraction of sp³-hybridized carbons (Fsp3) is 0.600. The van der Waals surface area contributed by atoms with E-state index >= 15 is 0 Å². The molecule has 1 aliphatic carbocycles. The fourth-order valence-corrected chi connectivity index (χ4v) is 2.99. The van der Waals surface area contributed by atoms with Crippen LogP contribution in [0.4, 0.5) is 0 Å². The number of rotatable bonds is 1. The smallest absolute Gasteiger partial charge is 0.204 e. The van der Waals surface area contributed by atoms with E-state index in [0.717, 1.165) is 0 Å². The topological polar surface area (TPSA) is 76.1 Å². The standard InChI is InChI=1S/C15H20N2O2/c1-8(2)12-9(7-16)14(17)19-11-6-15(3,4)5-10(18)13(11)12/h8,12H,5-6,17H2,1-4H3/t12-/m1/s1. The van der Waals surface area contributed by atoms with E-state index in [0.29, 0.717) is 29.7 Å². The summed E-state index contributed by atoms with van der Waals surface area (Å²) in [5, 5.41) is 9.26. The molecule has 0 saturated heterocycles. The summed E-state index contributed by atoms with van der Waals surface area (Å²) in [6.07, 6.45) is 1.19. The molecule has 0 aromatic carbocycles. The van der Waals surface area contributed by atoms with Crippen molar-refractivity contribution in [1.29, 1.82) is 5.26 Å². The van der Waals surface area contributed by atoms with E-state index in [1.54, 1.807) is 0 Å². The minimum absolute atomic E-state index is 0.0881. The minimum Gasteiger partial charge on any atom is -0.444 e. The summed E-state index contributed by atoms with van der Waals surface area (Å²) in [5.41, 5.74) is 6.80. The largest absolute Gasteiger partial charge is 0.444 e. The van der Waals surface area contributed by atoms with Crippen LogP contribution in [0.15, 0.2) is 22.8 Å². The molecule has 2 rings (SSSR count). The van der Waals surface area contributed by atoms with Crippen molar-refractivity contribution in [2.45, 2.75) is 40.5 Å². The summed E-state index contributed by atoms with van der Waals surface area (Å²) in [7, 11) is 0. The quantitative estimate of drug-likeness (QED) is 0.786.